The Morgan fingerprint density at radius 2 is 2.50 bits per heavy atom. The van der Waals surface area contributed by atoms with Gasteiger partial charge in [0.1, 0.15) is 11.1 Å². The van der Waals surface area contributed by atoms with Crippen LogP contribution >= 0.6 is 23.1 Å². The van der Waals surface area contributed by atoms with Gasteiger partial charge in [0.05, 0.1) is 13.2 Å². The molecule has 1 aromatic heterocycles. The lowest BCUT2D eigenvalue weighted by Crippen LogP contribution is -2.49. The number of aromatic nitrogens is 1. The number of carbonyl (C=O) groups excluding carboxylic acids is 1. The first-order valence-corrected chi connectivity index (χ1v) is 9.63. The summed E-state index contributed by atoms with van der Waals surface area (Å²) < 4.78 is 5.98. The minimum Gasteiger partial charge on any atom is -0.367 e. The molecule has 0 radical (unpaired) electrons. The highest BCUT2D eigenvalue weighted by Gasteiger charge is 2.32. The van der Waals surface area contributed by atoms with Crippen LogP contribution < -0.4 is 5.32 Å². The Morgan fingerprint density at radius 1 is 1.64 bits per heavy atom. The predicted octanol–water partition coefficient (Wildman–Crippen LogP) is 2.82. The van der Waals surface area contributed by atoms with Gasteiger partial charge < -0.3 is 15.0 Å². The largest absolute Gasteiger partial charge is 0.367 e. The molecule has 0 bridgehead atoms. The molecule has 1 aromatic rings. The number of nitrogens with zero attached hydrogens (tertiary/aromatic N) is 2. The molecule has 2 saturated heterocycles. The van der Waals surface area contributed by atoms with Crippen LogP contribution in [0.3, 0.4) is 0 Å². The van der Waals surface area contributed by atoms with Crippen LogP contribution in [0.2, 0.25) is 0 Å². The summed E-state index contributed by atoms with van der Waals surface area (Å²) in [4.78, 5) is 18.7. The summed E-state index contributed by atoms with van der Waals surface area (Å²) in [6.45, 7) is 6.77. The van der Waals surface area contributed by atoms with Gasteiger partial charge in [-0.15, -0.1) is 11.3 Å². The third-order valence-electron chi connectivity index (χ3n) is 4.18. The molecule has 22 heavy (non-hydrogen) atoms. The van der Waals surface area contributed by atoms with E-state index in [-0.39, 0.29) is 16.9 Å². The van der Waals surface area contributed by atoms with E-state index in [0.29, 0.717) is 19.7 Å². The van der Waals surface area contributed by atoms with Gasteiger partial charge in [-0.25, -0.2) is 9.78 Å². The number of urea groups is 1. The second-order valence-corrected chi connectivity index (χ2v) is 8.77. The average molecular weight is 342 g/mol. The number of hydrogen-bond donors (Lipinski definition) is 1. The van der Waals surface area contributed by atoms with Gasteiger partial charge in [-0.2, -0.15) is 11.8 Å². The standard InChI is InChI=1S/C15H23N3O2S2/c1-11-9-21-13(17-11)12-8-18(5-6-20-12)14(19)16-10-15(2)4-3-7-22-15/h9,12H,3-8,10H2,1-2H3,(H,16,19). The molecule has 0 aromatic carbocycles. The van der Waals surface area contributed by atoms with Crippen molar-refractivity contribution in [2.45, 2.75) is 37.5 Å². The molecule has 2 amide bonds. The maximum Gasteiger partial charge on any atom is 0.317 e. The molecule has 122 valence electrons. The fraction of sp³-hybridized carbons (Fsp3) is 0.733. The summed E-state index contributed by atoms with van der Waals surface area (Å²) in [6, 6.07) is 0.0234. The Hall–Kier alpha value is -0.790. The summed E-state index contributed by atoms with van der Waals surface area (Å²) in [7, 11) is 0. The highest BCUT2D eigenvalue weighted by Crippen LogP contribution is 2.37. The number of amides is 2. The van der Waals surface area contributed by atoms with E-state index < -0.39 is 0 Å². The molecule has 2 aliphatic heterocycles. The molecule has 2 atom stereocenters. The van der Waals surface area contributed by atoms with E-state index in [1.165, 1.54) is 18.6 Å². The number of ether oxygens (including phenoxy) is 1. The van der Waals surface area contributed by atoms with E-state index in [0.717, 1.165) is 17.2 Å². The summed E-state index contributed by atoms with van der Waals surface area (Å²) in [6.07, 6.45) is 2.34. The summed E-state index contributed by atoms with van der Waals surface area (Å²) >= 11 is 3.57. The summed E-state index contributed by atoms with van der Waals surface area (Å²) in [5.74, 6) is 1.20. The van der Waals surface area contributed by atoms with Crippen molar-refractivity contribution in [3.05, 3.63) is 16.1 Å². The minimum atomic E-state index is -0.0883. The molecule has 7 heteroatoms. The lowest BCUT2D eigenvalue weighted by atomic mass is 10.1. The Bertz CT molecular complexity index is 529. The first kappa shape index (κ1) is 16.1. The zero-order chi connectivity index (χ0) is 15.6. The summed E-state index contributed by atoms with van der Waals surface area (Å²) in [5, 5.41) is 6.10. The first-order valence-electron chi connectivity index (χ1n) is 7.76. The van der Waals surface area contributed by atoms with Crippen molar-refractivity contribution in [2.75, 3.05) is 32.0 Å². The van der Waals surface area contributed by atoms with E-state index in [9.17, 15) is 4.79 Å². The maximum atomic E-state index is 12.4. The van der Waals surface area contributed by atoms with E-state index >= 15 is 0 Å². The molecular weight excluding hydrogens is 318 g/mol. The van der Waals surface area contributed by atoms with Crippen molar-refractivity contribution < 1.29 is 9.53 Å². The Balaban J connectivity index is 1.53. The third-order valence-corrected chi connectivity index (χ3v) is 6.77. The van der Waals surface area contributed by atoms with Crippen LogP contribution in [-0.2, 0) is 4.74 Å². The first-order chi connectivity index (χ1) is 10.6. The minimum absolute atomic E-state index is 0.0234. The third kappa shape index (κ3) is 3.75. The number of thioether (sulfide) groups is 1. The van der Waals surface area contributed by atoms with Crippen molar-refractivity contribution in [1.82, 2.24) is 15.2 Å². The molecule has 2 unspecified atom stereocenters. The van der Waals surface area contributed by atoms with Gasteiger partial charge in [0.15, 0.2) is 0 Å². The molecule has 3 heterocycles. The number of nitrogens with one attached hydrogen (secondary N) is 1. The van der Waals surface area contributed by atoms with Gasteiger partial charge in [-0.1, -0.05) is 0 Å². The van der Waals surface area contributed by atoms with Gasteiger partial charge in [0.2, 0.25) is 0 Å². The van der Waals surface area contributed by atoms with Crippen LogP contribution in [0.15, 0.2) is 5.38 Å². The van der Waals surface area contributed by atoms with E-state index in [2.05, 4.69) is 17.2 Å². The molecule has 3 rings (SSSR count). The highest BCUT2D eigenvalue weighted by atomic mass is 32.2. The molecule has 0 aliphatic carbocycles. The Kier molecular flexibility index (Phi) is 4.94. The molecule has 0 spiro atoms. The molecular formula is C15H23N3O2S2. The molecule has 1 N–H and O–H groups in total. The normalized spacial score (nSPS) is 28.8. The van der Waals surface area contributed by atoms with Gasteiger partial charge in [0, 0.05) is 28.9 Å². The average Bonchev–Trinajstić information content (AvgIpc) is 3.14. The van der Waals surface area contributed by atoms with Gasteiger partial charge in [-0.3, -0.25) is 0 Å². The zero-order valence-electron chi connectivity index (χ0n) is 13.1. The van der Waals surface area contributed by atoms with Crippen molar-refractivity contribution in [3.63, 3.8) is 0 Å². The predicted molar refractivity (Wildman–Crippen MR) is 90.6 cm³/mol. The van der Waals surface area contributed by atoms with Crippen LogP contribution in [-0.4, -0.2) is 52.7 Å². The van der Waals surface area contributed by atoms with Crippen LogP contribution in [0.5, 0.6) is 0 Å². The zero-order valence-corrected chi connectivity index (χ0v) is 14.8. The number of hydrogen-bond acceptors (Lipinski definition) is 5. The Morgan fingerprint density at radius 3 is 3.18 bits per heavy atom. The van der Waals surface area contributed by atoms with E-state index in [4.69, 9.17) is 4.74 Å². The number of thiazole rings is 1. The second-order valence-electron chi connectivity index (χ2n) is 6.19. The van der Waals surface area contributed by atoms with Crippen molar-refractivity contribution in [2.24, 2.45) is 0 Å². The molecule has 2 fully saturated rings. The van der Waals surface area contributed by atoms with Crippen molar-refractivity contribution >= 4 is 29.1 Å². The number of morpholine rings is 1. The fourth-order valence-corrected chi connectivity index (χ4v) is 4.93. The molecule has 0 saturated carbocycles. The topological polar surface area (TPSA) is 54.5 Å². The lowest BCUT2D eigenvalue weighted by molar-refractivity contribution is -0.0156. The number of aryl methyl sites for hydroxylation is 1. The SMILES string of the molecule is Cc1csc(C2CN(C(=O)NCC3(C)CCCS3)CCO2)n1. The second kappa shape index (κ2) is 6.76. The lowest BCUT2D eigenvalue weighted by Gasteiger charge is -2.33. The maximum absolute atomic E-state index is 12.4. The van der Waals surface area contributed by atoms with Crippen LogP contribution in [0.1, 0.15) is 36.6 Å². The molecule has 2 aliphatic rings. The van der Waals surface area contributed by atoms with Gasteiger partial charge in [0.25, 0.3) is 0 Å². The van der Waals surface area contributed by atoms with Crippen molar-refractivity contribution in [3.8, 4) is 0 Å². The van der Waals surface area contributed by atoms with Gasteiger partial charge in [-0.05, 0) is 32.4 Å². The van der Waals surface area contributed by atoms with Crippen LogP contribution in [0.4, 0.5) is 4.79 Å². The quantitative estimate of drug-likeness (QED) is 0.918. The van der Waals surface area contributed by atoms with Crippen LogP contribution in [0.25, 0.3) is 0 Å². The van der Waals surface area contributed by atoms with E-state index in [1.54, 1.807) is 11.3 Å². The van der Waals surface area contributed by atoms with E-state index in [1.807, 2.05) is 29.0 Å². The smallest absolute Gasteiger partial charge is 0.317 e. The van der Waals surface area contributed by atoms with Crippen molar-refractivity contribution in [1.29, 1.82) is 0 Å². The fourth-order valence-electron chi connectivity index (χ4n) is 2.85. The summed E-state index contributed by atoms with van der Waals surface area (Å²) in [5.41, 5.74) is 1.01. The Labute approximate surface area is 139 Å². The highest BCUT2D eigenvalue weighted by molar-refractivity contribution is 8.00. The number of rotatable bonds is 3. The number of carbonyl (C=O) groups is 1. The van der Waals surface area contributed by atoms with Crippen LogP contribution in [0, 0.1) is 6.92 Å². The van der Waals surface area contributed by atoms with Gasteiger partial charge >= 0.3 is 6.03 Å². The monoisotopic (exact) mass is 341 g/mol. The molecule has 5 nitrogen and oxygen atoms in total.